The molecule has 1 N–H and O–H groups in total. The van der Waals surface area contributed by atoms with Crippen LogP contribution in [0, 0.1) is 0 Å². The molecule has 1 aliphatic heterocycles. The Bertz CT molecular complexity index is 676. The van der Waals surface area contributed by atoms with E-state index in [0.717, 1.165) is 43.1 Å². The molecule has 1 aromatic carbocycles. The molecule has 0 saturated carbocycles. The van der Waals surface area contributed by atoms with Crippen molar-refractivity contribution in [2.75, 3.05) is 42.3 Å². The van der Waals surface area contributed by atoms with E-state index in [2.05, 4.69) is 15.2 Å². The second-order valence-corrected chi connectivity index (χ2v) is 5.96. The van der Waals surface area contributed by atoms with Crippen LogP contribution in [0.4, 0.5) is 17.2 Å². The third-order valence-electron chi connectivity index (χ3n) is 4.08. The van der Waals surface area contributed by atoms with Gasteiger partial charge in [0.25, 0.3) is 5.91 Å². The minimum Gasteiger partial charge on any atom is -0.378 e. The Morgan fingerprint density at radius 2 is 1.83 bits per heavy atom. The second kappa shape index (κ2) is 6.69. The van der Waals surface area contributed by atoms with E-state index in [0.29, 0.717) is 5.56 Å². The van der Waals surface area contributed by atoms with Gasteiger partial charge in [0.15, 0.2) is 0 Å². The molecule has 3 rings (SSSR count). The summed E-state index contributed by atoms with van der Waals surface area (Å²) in [7, 11) is 3.98. The lowest BCUT2D eigenvalue weighted by atomic mass is 10.2. The van der Waals surface area contributed by atoms with Crippen molar-refractivity contribution >= 4 is 23.1 Å². The molecular formula is C18H22N4O. The Balaban J connectivity index is 1.78. The number of carbonyl (C=O) groups excluding carboxylic acids is 1. The summed E-state index contributed by atoms with van der Waals surface area (Å²) in [6.07, 6.45) is 4.06. The molecule has 0 radical (unpaired) electrons. The van der Waals surface area contributed by atoms with E-state index >= 15 is 0 Å². The molecule has 1 aliphatic rings. The van der Waals surface area contributed by atoms with Crippen LogP contribution in [0.5, 0.6) is 0 Å². The van der Waals surface area contributed by atoms with Crippen LogP contribution in [0.15, 0.2) is 42.6 Å². The topological polar surface area (TPSA) is 48.5 Å². The number of hydrogen-bond acceptors (Lipinski definition) is 4. The summed E-state index contributed by atoms with van der Waals surface area (Å²) in [4.78, 5) is 21.3. The number of hydrogen-bond donors (Lipinski definition) is 1. The quantitative estimate of drug-likeness (QED) is 0.943. The lowest BCUT2D eigenvalue weighted by molar-refractivity contribution is 0.102. The fraction of sp³-hybridized carbons (Fsp3) is 0.333. The molecule has 1 aromatic heterocycles. The van der Waals surface area contributed by atoms with E-state index in [1.165, 1.54) is 0 Å². The predicted molar refractivity (Wildman–Crippen MR) is 94.4 cm³/mol. The number of nitrogens with one attached hydrogen (secondary N) is 1. The first-order valence-electron chi connectivity index (χ1n) is 7.94. The zero-order chi connectivity index (χ0) is 16.2. The maximum atomic E-state index is 12.6. The van der Waals surface area contributed by atoms with E-state index in [1.807, 2.05) is 55.4 Å². The highest BCUT2D eigenvalue weighted by Gasteiger charge is 2.20. The van der Waals surface area contributed by atoms with Gasteiger partial charge in [-0.2, -0.15) is 0 Å². The van der Waals surface area contributed by atoms with Crippen LogP contribution in [0.3, 0.4) is 0 Å². The van der Waals surface area contributed by atoms with Gasteiger partial charge in [-0.1, -0.05) is 0 Å². The monoisotopic (exact) mass is 310 g/mol. The Labute approximate surface area is 136 Å². The number of carbonyl (C=O) groups is 1. The predicted octanol–water partition coefficient (Wildman–Crippen LogP) is 3.00. The first-order chi connectivity index (χ1) is 11.1. The minimum atomic E-state index is -0.113. The summed E-state index contributed by atoms with van der Waals surface area (Å²) in [6, 6.07) is 11.5. The average molecular weight is 310 g/mol. The molecule has 1 fully saturated rings. The second-order valence-electron chi connectivity index (χ2n) is 5.96. The molecule has 1 saturated heterocycles. The Kier molecular flexibility index (Phi) is 4.46. The van der Waals surface area contributed by atoms with Crippen LogP contribution in [-0.2, 0) is 0 Å². The number of anilines is 3. The molecule has 5 heteroatoms. The summed E-state index contributed by atoms with van der Waals surface area (Å²) >= 11 is 0. The number of benzene rings is 1. The zero-order valence-electron chi connectivity index (χ0n) is 13.6. The van der Waals surface area contributed by atoms with Crippen molar-refractivity contribution in [2.45, 2.75) is 12.8 Å². The lowest BCUT2D eigenvalue weighted by Crippen LogP contribution is -2.24. The van der Waals surface area contributed by atoms with Crippen molar-refractivity contribution in [2.24, 2.45) is 0 Å². The number of pyridine rings is 1. The lowest BCUT2D eigenvalue weighted by Gasteiger charge is -2.19. The van der Waals surface area contributed by atoms with Gasteiger partial charge in [-0.3, -0.25) is 4.79 Å². The summed E-state index contributed by atoms with van der Waals surface area (Å²) in [6.45, 7) is 1.93. The Morgan fingerprint density at radius 3 is 2.48 bits per heavy atom. The van der Waals surface area contributed by atoms with Gasteiger partial charge in [0, 0.05) is 44.8 Å². The smallest absolute Gasteiger partial charge is 0.259 e. The highest BCUT2D eigenvalue weighted by molar-refractivity contribution is 6.07. The number of amides is 1. The molecule has 0 unspecified atom stereocenters. The van der Waals surface area contributed by atoms with E-state index in [1.54, 1.807) is 6.20 Å². The number of aromatic nitrogens is 1. The largest absolute Gasteiger partial charge is 0.378 e. The van der Waals surface area contributed by atoms with Crippen molar-refractivity contribution in [3.05, 3.63) is 48.2 Å². The van der Waals surface area contributed by atoms with E-state index in [-0.39, 0.29) is 5.91 Å². The van der Waals surface area contributed by atoms with Gasteiger partial charge in [0.2, 0.25) is 0 Å². The van der Waals surface area contributed by atoms with E-state index < -0.39 is 0 Å². The fourth-order valence-electron chi connectivity index (χ4n) is 2.80. The molecule has 1 amide bonds. The molecule has 120 valence electrons. The van der Waals surface area contributed by atoms with Crippen molar-refractivity contribution in [3.63, 3.8) is 0 Å². The SMILES string of the molecule is CN(C)c1ccc(NC(=O)c2cccnc2N2CCCC2)cc1. The summed E-state index contributed by atoms with van der Waals surface area (Å²) < 4.78 is 0. The van der Waals surface area contributed by atoms with Crippen LogP contribution in [0.2, 0.25) is 0 Å². The average Bonchev–Trinajstić information content (AvgIpc) is 3.09. The Hall–Kier alpha value is -2.56. The molecule has 0 bridgehead atoms. The first kappa shape index (κ1) is 15.3. The van der Waals surface area contributed by atoms with Gasteiger partial charge in [-0.25, -0.2) is 4.98 Å². The minimum absolute atomic E-state index is 0.113. The van der Waals surface area contributed by atoms with E-state index in [9.17, 15) is 4.79 Å². The standard InChI is InChI=1S/C18H22N4O/c1-21(2)15-9-7-14(8-10-15)20-18(23)16-6-5-11-19-17(16)22-12-3-4-13-22/h5-11H,3-4,12-13H2,1-2H3,(H,20,23). The van der Waals surface area contributed by atoms with Gasteiger partial charge < -0.3 is 15.1 Å². The van der Waals surface area contributed by atoms with Crippen molar-refractivity contribution in [1.82, 2.24) is 4.98 Å². The van der Waals surface area contributed by atoms with Gasteiger partial charge >= 0.3 is 0 Å². The highest BCUT2D eigenvalue weighted by Crippen LogP contribution is 2.23. The van der Waals surface area contributed by atoms with Gasteiger partial charge in [-0.15, -0.1) is 0 Å². The van der Waals surface area contributed by atoms with Crippen molar-refractivity contribution in [1.29, 1.82) is 0 Å². The maximum absolute atomic E-state index is 12.6. The molecule has 2 heterocycles. The molecule has 2 aromatic rings. The van der Waals surface area contributed by atoms with Gasteiger partial charge in [0.1, 0.15) is 5.82 Å². The zero-order valence-corrected chi connectivity index (χ0v) is 13.6. The summed E-state index contributed by atoms with van der Waals surface area (Å²) in [5.74, 6) is 0.671. The van der Waals surface area contributed by atoms with E-state index in [4.69, 9.17) is 0 Å². The molecular weight excluding hydrogens is 288 g/mol. The number of nitrogens with zero attached hydrogens (tertiary/aromatic N) is 3. The van der Waals surface area contributed by atoms with Crippen LogP contribution < -0.4 is 15.1 Å². The van der Waals surface area contributed by atoms with Gasteiger partial charge in [-0.05, 0) is 49.2 Å². The molecule has 0 atom stereocenters. The van der Waals surface area contributed by atoms with Gasteiger partial charge in [0.05, 0.1) is 5.56 Å². The van der Waals surface area contributed by atoms with Crippen molar-refractivity contribution in [3.8, 4) is 0 Å². The van der Waals surface area contributed by atoms with Crippen LogP contribution in [0.1, 0.15) is 23.2 Å². The number of rotatable bonds is 4. The summed E-state index contributed by atoms with van der Waals surface area (Å²) in [5, 5.41) is 2.96. The Morgan fingerprint density at radius 1 is 1.13 bits per heavy atom. The maximum Gasteiger partial charge on any atom is 0.259 e. The molecule has 0 spiro atoms. The van der Waals surface area contributed by atoms with Crippen molar-refractivity contribution < 1.29 is 4.79 Å². The first-order valence-corrected chi connectivity index (χ1v) is 7.94. The molecule has 23 heavy (non-hydrogen) atoms. The van der Waals surface area contributed by atoms with Crippen LogP contribution in [-0.4, -0.2) is 38.1 Å². The highest BCUT2D eigenvalue weighted by atomic mass is 16.1. The molecule has 5 nitrogen and oxygen atoms in total. The third-order valence-corrected chi connectivity index (χ3v) is 4.08. The van der Waals surface area contributed by atoms with Crippen LogP contribution >= 0.6 is 0 Å². The fourth-order valence-corrected chi connectivity index (χ4v) is 2.80. The molecule has 0 aliphatic carbocycles. The third kappa shape index (κ3) is 3.44. The van der Waals surface area contributed by atoms with Crippen LogP contribution in [0.25, 0.3) is 0 Å². The summed E-state index contributed by atoms with van der Waals surface area (Å²) in [5.41, 5.74) is 2.52. The normalized spacial score (nSPS) is 13.9.